The molecule has 1 saturated carbocycles. The summed E-state index contributed by atoms with van der Waals surface area (Å²) >= 11 is 0. The van der Waals surface area contributed by atoms with Crippen molar-refractivity contribution < 1.29 is 0 Å². The molecule has 0 bridgehead atoms. The van der Waals surface area contributed by atoms with Gasteiger partial charge < -0.3 is 10.2 Å². The second-order valence-corrected chi connectivity index (χ2v) is 5.97. The first-order valence-electron chi connectivity index (χ1n) is 7.16. The molecule has 0 aromatic carbocycles. The van der Waals surface area contributed by atoms with E-state index in [0.717, 1.165) is 37.3 Å². The van der Waals surface area contributed by atoms with E-state index in [1.165, 1.54) is 30.6 Å². The Hall–Kier alpha value is -1.09. The molecule has 3 rings (SSSR count). The summed E-state index contributed by atoms with van der Waals surface area (Å²) in [6.45, 7) is 7.73. The van der Waals surface area contributed by atoms with Gasteiger partial charge in [0.25, 0.3) is 0 Å². The third kappa shape index (κ3) is 2.83. The van der Waals surface area contributed by atoms with Crippen molar-refractivity contribution in [2.75, 3.05) is 18.0 Å². The molecule has 2 fully saturated rings. The Bertz CT molecular complexity index is 426. The number of aromatic nitrogens is 1. The van der Waals surface area contributed by atoms with Gasteiger partial charge in [0, 0.05) is 31.4 Å². The molecule has 1 aromatic heterocycles. The van der Waals surface area contributed by atoms with Crippen LogP contribution in [0.3, 0.4) is 0 Å². The summed E-state index contributed by atoms with van der Waals surface area (Å²) in [5, 5.41) is 3.58. The highest BCUT2D eigenvalue weighted by molar-refractivity contribution is 5.43. The van der Waals surface area contributed by atoms with Gasteiger partial charge in [-0.1, -0.05) is 6.92 Å². The first-order chi connectivity index (χ1) is 8.70. The van der Waals surface area contributed by atoms with Crippen LogP contribution in [0.25, 0.3) is 0 Å². The van der Waals surface area contributed by atoms with Gasteiger partial charge in [-0.15, -0.1) is 0 Å². The molecule has 2 aliphatic rings. The Balaban J connectivity index is 1.72. The molecular weight excluding hydrogens is 222 g/mol. The van der Waals surface area contributed by atoms with Crippen molar-refractivity contribution in [2.45, 2.75) is 45.7 Å². The van der Waals surface area contributed by atoms with Gasteiger partial charge in [-0.3, -0.25) is 0 Å². The predicted octanol–water partition coefficient (Wildman–Crippen LogP) is 2.49. The van der Waals surface area contributed by atoms with Crippen LogP contribution < -0.4 is 10.2 Å². The van der Waals surface area contributed by atoms with Crippen LogP contribution >= 0.6 is 0 Å². The Labute approximate surface area is 110 Å². The molecular formula is C15H23N3. The summed E-state index contributed by atoms with van der Waals surface area (Å²) in [7, 11) is 0. The van der Waals surface area contributed by atoms with Crippen LogP contribution in [-0.2, 0) is 6.54 Å². The fourth-order valence-corrected chi connectivity index (χ4v) is 2.68. The Morgan fingerprint density at radius 2 is 2.17 bits per heavy atom. The van der Waals surface area contributed by atoms with Crippen molar-refractivity contribution >= 4 is 5.82 Å². The van der Waals surface area contributed by atoms with Gasteiger partial charge in [0.1, 0.15) is 5.82 Å². The van der Waals surface area contributed by atoms with E-state index >= 15 is 0 Å². The summed E-state index contributed by atoms with van der Waals surface area (Å²) in [4.78, 5) is 7.12. The molecule has 18 heavy (non-hydrogen) atoms. The lowest BCUT2D eigenvalue weighted by molar-refractivity contribution is 0.658. The van der Waals surface area contributed by atoms with Gasteiger partial charge in [-0.25, -0.2) is 4.98 Å². The second kappa shape index (κ2) is 4.88. The van der Waals surface area contributed by atoms with E-state index in [9.17, 15) is 0 Å². The molecule has 2 heterocycles. The van der Waals surface area contributed by atoms with Crippen molar-refractivity contribution in [3.63, 3.8) is 0 Å². The standard InChI is InChI=1S/C15H23N3/c1-11-5-6-18(10-11)15-8-13(7-12(2)17-15)9-16-14-3-4-14/h7-8,11,14,16H,3-6,9-10H2,1-2H3. The fourth-order valence-electron chi connectivity index (χ4n) is 2.68. The normalized spacial score (nSPS) is 23.7. The van der Waals surface area contributed by atoms with Crippen LogP contribution in [-0.4, -0.2) is 24.1 Å². The molecule has 98 valence electrons. The maximum absolute atomic E-state index is 4.69. The minimum Gasteiger partial charge on any atom is -0.356 e. The van der Waals surface area contributed by atoms with Gasteiger partial charge >= 0.3 is 0 Å². The van der Waals surface area contributed by atoms with E-state index in [1.54, 1.807) is 0 Å². The summed E-state index contributed by atoms with van der Waals surface area (Å²) in [5.41, 5.74) is 2.52. The monoisotopic (exact) mass is 245 g/mol. The van der Waals surface area contributed by atoms with Gasteiger partial charge in [0.15, 0.2) is 0 Å². The highest BCUT2D eigenvalue weighted by Crippen LogP contribution is 2.24. The summed E-state index contributed by atoms with van der Waals surface area (Å²) in [5.74, 6) is 1.98. The molecule has 1 aliphatic carbocycles. The average molecular weight is 245 g/mol. The summed E-state index contributed by atoms with van der Waals surface area (Å²) < 4.78 is 0. The zero-order valence-electron chi connectivity index (χ0n) is 11.4. The van der Waals surface area contributed by atoms with Crippen molar-refractivity contribution in [3.05, 3.63) is 23.4 Å². The number of nitrogens with zero attached hydrogens (tertiary/aromatic N) is 2. The topological polar surface area (TPSA) is 28.2 Å². The first kappa shape index (κ1) is 12.0. The van der Waals surface area contributed by atoms with E-state index in [2.05, 4.69) is 36.2 Å². The van der Waals surface area contributed by atoms with Crippen LogP contribution in [0.15, 0.2) is 12.1 Å². The van der Waals surface area contributed by atoms with Crippen LogP contribution in [0.4, 0.5) is 5.82 Å². The lowest BCUT2D eigenvalue weighted by Gasteiger charge is -2.18. The lowest BCUT2D eigenvalue weighted by Crippen LogP contribution is -2.21. The van der Waals surface area contributed by atoms with Crippen molar-refractivity contribution in [1.82, 2.24) is 10.3 Å². The Kier molecular flexibility index (Phi) is 3.25. The largest absolute Gasteiger partial charge is 0.356 e. The Morgan fingerprint density at radius 3 is 2.83 bits per heavy atom. The number of rotatable bonds is 4. The van der Waals surface area contributed by atoms with E-state index in [4.69, 9.17) is 4.98 Å². The molecule has 1 unspecified atom stereocenters. The van der Waals surface area contributed by atoms with E-state index in [1.807, 2.05) is 0 Å². The van der Waals surface area contributed by atoms with E-state index < -0.39 is 0 Å². The molecule has 0 radical (unpaired) electrons. The van der Waals surface area contributed by atoms with Gasteiger partial charge in [-0.2, -0.15) is 0 Å². The van der Waals surface area contributed by atoms with Crippen molar-refractivity contribution in [1.29, 1.82) is 0 Å². The number of nitrogens with one attached hydrogen (secondary N) is 1. The molecule has 3 nitrogen and oxygen atoms in total. The number of hydrogen-bond acceptors (Lipinski definition) is 3. The zero-order valence-corrected chi connectivity index (χ0v) is 11.4. The molecule has 1 N–H and O–H groups in total. The third-order valence-electron chi connectivity index (χ3n) is 3.92. The van der Waals surface area contributed by atoms with Crippen LogP contribution in [0.1, 0.15) is 37.4 Å². The van der Waals surface area contributed by atoms with Crippen LogP contribution in [0.2, 0.25) is 0 Å². The highest BCUT2D eigenvalue weighted by atomic mass is 15.2. The Morgan fingerprint density at radius 1 is 1.33 bits per heavy atom. The quantitative estimate of drug-likeness (QED) is 0.883. The molecule has 1 aromatic rings. The lowest BCUT2D eigenvalue weighted by atomic mass is 10.2. The molecule has 1 atom stereocenters. The first-order valence-corrected chi connectivity index (χ1v) is 7.16. The van der Waals surface area contributed by atoms with Gasteiger partial charge in [0.05, 0.1) is 0 Å². The van der Waals surface area contributed by atoms with Crippen molar-refractivity contribution in [2.24, 2.45) is 5.92 Å². The molecule has 1 saturated heterocycles. The average Bonchev–Trinajstić information content (AvgIpc) is 3.07. The van der Waals surface area contributed by atoms with Crippen LogP contribution in [0.5, 0.6) is 0 Å². The van der Waals surface area contributed by atoms with Crippen molar-refractivity contribution in [3.8, 4) is 0 Å². The molecule has 1 aliphatic heterocycles. The van der Waals surface area contributed by atoms with Crippen LogP contribution in [0, 0.1) is 12.8 Å². The minimum atomic E-state index is 0.772. The van der Waals surface area contributed by atoms with E-state index in [0.29, 0.717) is 0 Å². The van der Waals surface area contributed by atoms with E-state index in [-0.39, 0.29) is 0 Å². The van der Waals surface area contributed by atoms with Gasteiger partial charge in [0.2, 0.25) is 0 Å². The maximum atomic E-state index is 4.69. The highest BCUT2D eigenvalue weighted by Gasteiger charge is 2.22. The minimum absolute atomic E-state index is 0.772. The number of pyridine rings is 1. The predicted molar refractivity (Wildman–Crippen MR) is 74.8 cm³/mol. The summed E-state index contributed by atoms with van der Waals surface area (Å²) in [6.07, 6.45) is 3.99. The second-order valence-electron chi connectivity index (χ2n) is 5.97. The zero-order chi connectivity index (χ0) is 12.5. The molecule has 0 amide bonds. The SMILES string of the molecule is Cc1cc(CNC2CC2)cc(N2CCC(C)C2)n1. The molecule has 3 heteroatoms. The number of anilines is 1. The fraction of sp³-hybridized carbons (Fsp3) is 0.667. The van der Waals surface area contributed by atoms with Gasteiger partial charge in [-0.05, 0) is 49.8 Å². The smallest absolute Gasteiger partial charge is 0.129 e. The third-order valence-corrected chi connectivity index (χ3v) is 3.92. The number of hydrogen-bond donors (Lipinski definition) is 1. The molecule has 0 spiro atoms. The maximum Gasteiger partial charge on any atom is 0.129 e. The number of aryl methyl sites for hydroxylation is 1. The summed E-state index contributed by atoms with van der Waals surface area (Å²) in [6, 6.07) is 5.24.